The van der Waals surface area contributed by atoms with Crippen LogP contribution >= 0.6 is 75.0 Å². The number of rotatable bonds is 7. The fourth-order valence-electron chi connectivity index (χ4n) is 3.46. The number of amides is 1. The lowest BCUT2D eigenvalue weighted by Crippen LogP contribution is -2.27. The number of halogens is 2. The number of carbonyl (C=O) groups excluding carboxylic acids is 1. The van der Waals surface area contributed by atoms with E-state index in [1.165, 1.54) is 0 Å². The Labute approximate surface area is 229 Å². The summed E-state index contributed by atoms with van der Waals surface area (Å²) in [7, 11) is 5.61. The van der Waals surface area contributed by atoms with Gasteiger partial charge in [-0.25, -0.2) is 4.98 Å². The highest BCUT2D eigenvalue weighted by atomic mass is 127. The third-order valence-corrected chi connectivity index (χ3v) is 10.8. The van der Waals surface area contributed by atoms with Crippen molar-refractivity contribution < 1.29 is 4.79 Å². The van der Waals surface area contributed by atoms with Gasteiger partial charge in [0.2, 0.25) is 0 Å². The van der Waals surface area contributed by atoms with Crippen molar-refractivity contribution in [2.24, 2.45) is 0 Å². The Morgan fingerprint density at radius 3 is 2.39 bits per heavy atom. The molecule has 0 aliphatic carbocycles. The summed E-state index contributed by atoms with van der Waals surface area (Å²) in [5.41, 5.74) is 4.40. The van der Waals surface area contributed by atoms with Crippen LogP contribution in [0, 0.1) is 7.14 Å². The molecule has 4 aromatic rings. The number of para-hydroxylation sites is 2. The Balaban J connectivity index is 1.68. The highest BCUT2D eigenvalue weighted by Gasteiger charge is 2.23. The lowest BCUT2D eigenvalue weighted by molar-refractivity contribution is 0.102. The highest BCUT2D eigenvalue weighted by Crippen LogP contribution is 2.35. The predicted octanol–water partition coefficient (Wildman–Crippen LogP) is 6.64. The van der Waals surface area contributed by atoms with Gasteiger partial charge in [-0.1, -0.05) is 37.6 Å². The molecule has 2 unspecified atom stereocenters. The van der Waals surface area contributed by atoms with Gasteiger partial charge < -0.3 is 10.6 Å². The normalized spacial score (nSPS) is 11.1. The second-order valence-electron chi connectivity index (χ2n) is 7.47. The smallest absolute Gasteiger partial charge is 0.257 e. The van der Waals surface area contributed by atoms with Crippen molar-refractivity contribution in [1.29, 1.82) is 0 Å². The Morgan fingerprint density at radius 2 is 1.70 bits per heavy atom. The van der Waals surface area contributed by atoms with Gasteiger partial charge in [0.05, 0.1) is 27.2 Å². The van der Waals surface area contributed by atoms with E-state index in [9.17, 15) is 4.79 Å². The maximum atomic E-state index is 13.5. The maximum absolute atomic E-state index is 13.5. The van der Waals surface area contributed by atoms with Crippen molar-refractivity contribution in [1.82, 2.24) is 4.98 Å². The van der Waals surface area contributed by atoms with E-state index in [0.29, 0.717) is 5.56 Å². The van der Waals surface area contributed by atoms with Crippen LogP contribution in [0.2, 0.25) is 0 Å². The van der Waals surface area contributed by atoms with Crippen LogP contribution in [0.3, 0.4) is 0 Å². The van der Waals surface area contributed by atoms with Crippen molar-refractivity contribution in [3.63, 3.8) is 0 Å². The molecule has 1 heterocycles. The Kier molecular flexibility index (Phi) is 8.61. The molecule has 4 rings (SSSR count). The van der Waals surface area contributed by atoms with Gasteiger partial charge in [0, 0.05) is 29.9 Å². The minimum absolute atomic E-state index is 0.120. The molecule has 1 amide bonds. The zero-order chi connectivity index (χ0) is 23.5. The molecule has 0 fully saturated rings. The van der Waals surface area contributed by atoms with E-state index < -0.39 is 0 Å². The molecule has 0 radical (unpaired) electrons. The van der Waals surface area contributed by atoms with Crippen LogP contribution in [0.1, 0.15) is 30.1 Å². The summed E-state index contributed by atoms with van der Waals surface area (Å²) in [4.78, 5) is 18.3. The molecule has 33 heavy (non-hydrogen) atoms. The second kappa shape index (κ2) is 11.3. The number of nitrogens with zero attached hydrogens (tertiary/aromatic N) is 1. The van der Waals surface area contributed by atoms with Crippen molar-refractivity contribution in [3.8, 4) is 10.6 Å². The van der Waals surface area contributed by atoms with E-state index in [4.69, 9.17) is 4.98 Å². The zero-order valence-electron chi connectivity index (χ0n) is 17.9. The monoisotopic (exact) mass is 717 g/mol. The fourth-order valence-corrected chi connectivity index (χ4v) is 7.52. The molecule has 0 bridgehead atoms. The number of anilines is 2. The maximum Gasteiger partial charge on any atom is 0.257 e. The largest absolute Gasteiger partial charge is 0.384 e. The van der Waals surface area contributed by atoms with Gasteiger partial charge >= 0.3 is 0 Å². The van der Waals surface area contributed by atoms with Crippen molar-refractivity contribution in [2.75, 3.05) is 17.2 Å². The van der Waals surface area contributed by atoms with Crippen LogP contribution in [0.15, 0.2) is 48.5 Å². The third-order valence-electron chi connectivity index (χ3n) is 5.21. The number of fused-ring (bicyclic) bond motifs is 1. The van der Waals surface area contributed by atoms with Gasteiger partial charge in [0.25, 0.3) is 5.91 Å². The van der Waals surface area contributed by atoms with Crippen LogP contribution < -0.4 is 21.2 Å². The molecule has 9 heteroatoms. The quantitative estimate of drug-likeness (QED) is 0.128. The third kappa shape index (κ3) is 5.37. The highest BCUT2D eigenvalue weighted by molar-refractivity contribution is 14.1. The molecule has 1 aromatic heterocycles. The molecule has 0 aliphatic heterocycles. The fraction of sp³-hybridized carbons (Fsp3) is 0.167. The molecule has 0 aliphatic rings. The standard InChI is InChI=1S/C24H23I2N3OP2S/c1-2-3-12-27-20-21(31)18(25)17(19(26)22(20)32)23(30)28-14-9-5-4-8-13(14)24-29-15-10-6-7-11-16(15)33-24/h4-11,27H,2-3,12,31-32H2,1H3,(H,28,30). The predicted molar refractivity (Wildman–Crippen MR) is 167 cm³/mol. The molecule has 0 saturated carbocycles. The topological polar surface area (TPSA) is 54.0 Å². The Morgan fingerprint density at radius 1 is 1.03 bits per heavy atom. The summed E-state index contributed by atoms with van der Waals surface area (Å²) in [6.07, 6.45) is 2.24. The first kappa shape index (κ1) is 25.2. The lowest BCUT2D eigenvalue weighted by atomic mass is 10.1. The van der Waals surface area contributed by atoms with Crippen molar-refractivity contribution >= 4 is 113 Å². The number of hydrogen-bond donors (Lipinski definition) is 2. The number of nitrogens with one attached hydrogen (secondary N) is 2. The molecule has 2 N–H and O–H groups in total. The average Bonchev–Trinajstić information content (AvgIpc) is 3.25. The van der Waals surface area contributed by atoms with Crippen LogP contribution in [0.4, 0.5) is 11.4 Å². The summed E-state index contributed by atoms with van der Waals surface area (Å²) >= 11 is 6.18. The summed E-state index contributed by atoms with van der Waals surface area (Å²) < 4.78 is 2.99. The summed E-state index contributed by atoms with van der Waals surface area (Å²) in [5.74, 6) is -0.120. The molecule has 4 nitrogen and oxygen atoms in total. The van der Waals surface area contributed by atoms with Crippen LogP contribution in [0.5, 0.6) is 0 Å². The molecule has 0 spiro atoms. The van der Waals surface area contributed by atoms with Gasteiger partial charge in [-0.2, -0.15) is 0 Å². The number of thiazole rings is 1. The molecule has 3 aromatic carbocycles. The van der Waals surface area contributed by atoms with E-state index in [0.717, 1.165) is 69.3 Å². The SMILES string of the molecule is CCCCNc1c(P)c(I)c(C(=O)Nc2ccccc2-c2nc3ccccc3s2)c(I)c1P. The lowest BCUT2D eigenvalue weighted by Gasteiger charge is -2.19. The van der Waals surface area contributed by atoms with Gasteiger partial charge in [-0.15, -0.1) is 29.8 Å². The van der Waals surface area contributed by atoms with Crippen molar-refractivity contribution in [3.05, 3.63) is 61.2 Å². The summed E-state index contributed by atoms with van der Waals surface area (Å²) in [6.45, 7) is 3.09. The van der Waals surface area contributed by atoms with Gasteiger partial charge in [0.1, 0.15) is 5.01 Å². The van der Waals surface area contributed by atoms with Gasteiger partial charge in [-0.3, -0.25) is 4.79 Å². The van der Waals surface area contributed by atoms with E-state index in [-0.39, 0.29) is 5.91 Å². The minimum Gasteiger partial charge on any atom is -0.384 e. The van der Waals surface area contributed by atoms with Crippen molar-refractivity contribution in [2.45, 2.75) is 19.8 Å². The van der Waals surface area contributed by atoms with Crippen LogP contribution in [-0.2, 0) is 0 Å². The van der Waals surface area contributed by atoms with E-state index in [2.05, 4.69) is 87.3 Å². The molecule has 2 atom stereocenters. The second-order valence-corrected chi connectivity index (χ2v) is 11.8. The number of benzene rings is 3. The number of carbonyl (C=O) groups is 1. The molecular weight excluding hydrogens is 694 g/mol. The first-order valence-corrected chi connectivity index (χ1v) is 14.6. The molecule has 170 valence electrons. The molecular formula is C24H23I2N3OP2S. The first-order chi connectivity index (χ1) is 15.9. The van der Waals surface area contributed by atoms with Gasteiger partial charge in [0.15, 0.2) is 0 Å². The summed E-state index contributed by atoms with van der Waals surface area (Å²) in [5, 5.41) is 9.61. The Bertz CT molecular complexity index is 1280. The summed E-state index contributed by atoms with van der Waals surface area (Å²) in [6, 6.07) is 15.9. The van der Waals surface area contributed by atoms with E-state index >= 15 is 0 Å². The minimum atomic E-state index is -0.120. The number of aromatic nitrogens is 1. The van der Waals surface area contributed by atoms with E-state index in [1.807, 2.05) is 42.5 Å². The van der Waals surface area contributed by atoms with Crippen LogP contribution in [-0.4, -0.2) is 17.4 Å². The first-order valence-electron chi connectivity index (χ1n) is 10.5. The number of unbranched alkanes of at least 4 members (excludes halogenated alkanes) is 1. The van der Waals surface area contributed by atoms with Crippen LogP contribution in [0.25, 0.3) is 20.8 Å². The average molecular weight is 717 g/mol. The number of hydrogen-bond acceptors (Lipinski definition) is 4. The Hall–Kier alpha value is -0.860. The van der Waals surface area contributed by atoms with Gasteiger partial charge in [-0.05, 0) is 75.9 Å². The van der Waals surface area contributed by atoms with E-state index in [1.54, 1.807) is 11.3 Å². The molecule has 0 saturated heterocycles. The zero-order valence-corrected chi connectivity index (χ0v) is 25.4.